The number of amides is 1. The molecule has 1 amide bonds. The van der Waals surface area contributed by atoms with E-state index in [2.05, 4.69) is 4.98 Å². The van der Waals surface area contributed by atoms with E-state index in [0.29, 0.717) is 18.0 Å². The third-order valence-corrected chi connectivity index (χ3v) is 4.36. The number of nitrogens with zero attached hydrogens (tertiary/aromatic N) is 2. The van der Waals surface area contributed by atoms with Crippen LogP contribution >= 0.6 is 23.4 Å². The lowest BCUT2D eigenvalue weighted by Crippen LogP contribution is -2.51. The van der Waals surface area contributed by atoms with E-state index in [0.717, 1.165) is 5.75 Å². The number of aromatic nitrogens is 1. The minimum atomic E-state index is -0.603. The van der Waals surface area contributed by atoms with Crippen LogP contribution in [0.5, 0.6) is 0 Å². The number of halogens is 1. The number of carbonyl (C=O) groups is 2. The normalized spacial score (nSPS) is 18.4. The number of nitrogen functional groups attached to an aromatic ring is 1. The number of ether oxygens (including phenoxy) is 1. The summed E-state index contributed by atoms with van der Waals surface area (Å²) >= 11 is 7.58. The van der Waals surface area contributed by atoms with Gasteiger partial charge in [0.1, 0.15) is 11.2 Å². The first kappa shape index (κ1) is 15.9. The van der Waals surface area contributed by atoms with Crippen LogP contribution in [-0.2, 0) is 9.53 Å². The fraction of sp³-hybridized carbons (Fsp3) is 0.462. The number of hydrogen-bond donors (Lipinski definition) is 1. The zero-order valence-corrected chi connectivity index (χ0v) is 13.1. The van der Waals surface area contributed by atoms with E-state index in [1.165, 1.54) is 17.2 Å². The number of thioether (sulfide) groups is 1. The average molecular weight is 330 g/mol. The molecule has 8 heteroatoms. The Hall–Kier alpha value is -1.47. The van der Waals surface area contributed by atoms with E-state index >= 15 is 0 Å². The highest BCUT2D eigenvalue weighted by Gasteiger charge is 2.34. The van der Waals surface area contributed by atoms with Crippen molar-refractivity contribution in [2.45, 2.75) is 13.0 Å². The number of carbonyl (C=O) groups excluding carboxylic acids is 2. The molecule has 1 saturated heterocycles. The zero-order chi connectivity index (χ0) is 15.4. The molecular weight excluding hydrogens is 314 g/mol. The van der Waals surface area contributed by atoms with Crippen LogP contribution < -0.4 is 5.73 Å². The van der Waals surface area contributed by atoms with Gasteiger partial charge in [-0.15, -0.1) is 0 Å². The highest BCUT2D eigenvalue weighted by Crippen LogP contribution is 2.23. The number of pyridine rings is 1. The molecule has 1 atom stereocenters. The third kappa shape index (κ3) is 3.59. The number of esters is 1. The summed E-state index contributed by atoms with van der Waals surface area (Å²) in [6.07, 6.45) is 1.38. The first-order valence-electron chi connectivity index (χ1n) is 6.51. The molecule has 1 aromatic heterocycles. The Morgan fingerprint density at radius 2 is 2.38 bits per heavy atom. The Balaban J connectivity index is 2.26. The molecule has 2 heterocycles. The van der Waals surface area contributed by atoms with Crippen LogP contribution in [0.1, 0.15) is 17.3 Å². The minimum absolute atomic E-state index is 0.0787. The number of rotatable bonds is 3. The van der Waals surface area contributed by atoms with Gasteiger partial charge >= 0.3 is 5.97 Å². The van der Waals surface area contributed by atoms with Crippen molar-refractivity contribution in [2.75, 3.05) is 30.4 Å². The summed E-state index contributed by atoms with van der Waals surface area (Å²) in [5, 5.41) is 0.0787. The molecule has 1 aliphatic heterocycles. The lowest BCUT2D eigenvalue weighted by Gasteiger charge is -2.33. The van der Waals surface area contributed by atoms with Crippen molar-refractivity contribution in [1.82, 2.24) is 9.88 Å². The molecule has 114 valence electrons. The summed E-state index contributed by atoms with van der Waals surface area (Å²) < 4.78 is 5.03. The molecule has 2 rings (SSSR count). The van der Waals surface area contributed by atoms with E-state index in [-0.39, 0.29) is 23.2 Å². The molecule has 1 aliphatic rings. The van der Waals surface area contributed by atoms with Crippen LogP contribution in [0.4, 0.5) is 5.69 Å². The number of hydrogen-bond acceptors (Lipinski definition) is 6. The Morgan fingerprint density at radius 1 is 1.62 bits per heavy atom. The molecule has 0 radical (unpaired) electrons. The summed E-state index contributed by atoms with van der Waals surface area (Å²) in [6.45, 7) is 2.47. The van der Waals surface area contributed by atoms with Gasteiger partial charge in [-0.2, -0.15) is 11.8 Å². The van der Waals surface area contributed by atoms with Crippen LogP contribution in [0.25, 0.3) is 0 Å². The fourth-order valence-electron chi connectivity index (χ4n) is 2.05. The lowest BCUT2D eigenvalue weighted by molar-refractivity contribution is -0.147. The quantitative estimate of drug-likeness (QED) is 0.667. The van der Waals surface area contributed by atoms with Crippen LogP contribution in [0, 0.1) is 0 Å². The summed E-state index contributed by atoms with van der Waals surface area (Å²) in [5.74, 6) is 0.525. The second-order valence-corrected chi connectivity index (χ2v) is 5.96. The molecule has 0 bridgehead atoms. The van der Waals surface area contributed by atoms with Crippen molar-refractivity contribution in [3.8, 4) is 0 Å². The first-order chi connectivity index (χ1) is 10.0. The number of anilines is 1. The summed E-state index contributed by atoms with van der Waals surface area (Å²) in [4.78, 5) is 30.0. The molecule has 0 spiro atoms. The summed E-state index contributed by atoms with van der Waals surface area (Å²) in [5.41, 5.74) is 6.20. The molecule has 6 nitrogen and oxygen atoms in total. The van der Waals surface area contributed by atoms with Crippen LogP contribution in [0.15, 0.2) is 12.3 Å². The maximum Gasteiger partial charge on any atom is 0.329 e. The fourth-order valence-corrected chi connectivity index (χ4v) is 3.27. The molecule has 0 aromatic carbocycles. The van der Waals surface area contributed by atoms with Gasteiger partial charge in [-0.05, 0) is 13.0 Å². The maximum absolute atomic E-state index is 12.6. The Bertz CT molecular complexity index is 555. The van der Waals surface area contributed by atoms with Gasteiger partial charge in [0.2, 0.25) is 0 Å². The standard InChI is InChI=1S/C13H16ClN3O3S/c1-2-20-13(19)10-7-21-4-3-17(10)12(18)9-5-8(15)6-16-11(9)14/h5-6,10H,2-4,7,15H2,1H3. The van der Waals surface area contributed by atoms with Gasteiger partial charge in [0, 0.05) is 18.1 Å². The largest absolute Gasteiger partial charge is 0.464 e. The summed E-state index contributed by atoms with van der Waals surface area (Å²) in [6, 6.07) is 0.871. The molecule has 2 N–H and O–H groups in total. The van der Waals surface area contributed by atoms with Crippen molar-refractivity contribution >= 4 is 40.9 Å². The molecule has 1 fully saturated rings. The van der Waals surface area contributed by atoms with Gasteiger partial charge < -0.3 is 15.4 Å². The minimum Gasteiger partial charge on any atom is -0.464 e. The zero-order valence-electron chi connectivity index (χ0n) is 11.5. The van der Waals surface area contributed by atoms with Crippen LogP contribution in [-0.4, -0.2) is 52.5 Å². The van der Waals surface area contributed by atoms with Crippen molar-refractivity contribution in [1.29, 1.82) is 0 Å². The molecule has 0 saturated carbocycles. The van der Waals surface area contributed by atoms with E-state index in [9.17, 15) is 9.59 Å². The van der Waals surface area contributed by atoms with Gasteiger partial charge in [0.15, 0.2) is 0 Å². The smallest absolute Gasteiger partial charge is 0.329 e. The van der Waals surface area contributed by atoms with Crippen molar-refractivity contribution in [3.63, 3.8) is 0 Å². The van der Waals surface area contributed by atoms with E-state index in [1.54, 1.807) is 18.7 Å². The van der Waals surface area contributed by atoms with Crippen molar-refractivity contribution in [3.05, 3.63) is 23.0 Å². The van der Waals surface area contributed by atoms with Gasteiger partial charge in [0.25, 0.3) is 5.91 Å². The molecule has 1 aromatic rings. The SMILES string of the molecule is CCOC(=O)C1CSCCN1C(=O)c1cc(N)cnc1Cl. The van der Waals surface area contributed by atoms with Crippen LogP contribution in [0.3, 0.4) is 0 Å². The van der Waals surface area contributed by atoms with E-state index in [4.69, 9.17) is 22.1 Å². The Morgan fingerprint density at radius 3 is 3.10 bits per heavy atom. The van der Waals surface area contributed by atoms with Gasteiger partial charge in [-0.3, -0.25) is 4.79 Å². The molecule has 0 aliphatic carbocycles. The number of nitrogens with two attached hydrogens (primary N) is 1. The molecule has 1 unspecified atom stereocenters. The first-order valence-corrected chi connectivity index (χ1v) is 8.04. The molecular formula is C13H16ClN3O3S. The second-order valence-electron chi connectivity index (χ2n) is 4.45. The average Bonchev–Trinajstić information content (AvgIpc) is 2.49. The van der Waals surface area contributed by atoms with Gasteiger partial charge in [-0.25, -0.2) is 9.78 Å². The van der Waals surface area contributed by atoms with E-state index < -0.39 is 12.0 Å². The Kier molecular flexibility index (Phi) is 5.30. The highest BCUT2D eigenvalue weighted by atomic mass is 35.5. The predicted molar refractivity (Wildman–Crippen MR) is 82.4 cm³/mol. The van der Waals surface area contributed by atoms with Gasteiger partial charge in [0.05, 0.1) is 24.1 Å². The lowest BCUT2D eigenvalue weighted by atomic mass is 10.2. The van der Waals surface area contributed by atoms with Crippen molar-refractivity contribution in [2.24, 2.45) is 0 Å². The van der Waals surface area contributed by atoms with Gasteiger partial charge in [-0.1, -0.05) is 11.6 Å². The molecule has 21 heavy (non-hydrogen) atoms. The third-order valence-electron chi connectivity index (χ3n) is 3.04. The van der Waals surface area contributed by atoms with Crippen molar-refractivity contribution < 1.29 is 14.3 Å². The second kappa shape index (κ2) is 7.00. The predicted octanol–water partition coefficient (Wildman–Crippen LogP) is 1.44. The monoisotopic (exact) mass is 329 g/mol. The topological polar surface area (TPSA) is 85.5 Å². The maximum atomic E-state index is 12.6. The Labute approximate surface area is 132 Å². The van der Waals surface area contributed by atoms with Crippen LogP contribution in [0.2, 0.25) is 5.15 Å². The summed E-state index contributed by atoms with van der Waals surface area (Å²) in [7, 11) is 0. The highest BCUT2D eigenvalue weighted by molar-refractivity contribution is 7.99. The van der Waals surface area contributed by atoms with E-state index in [1.807, 2.05) is 0 Å².